The summed E-state index contributed by atoms with van der Waals surface area (Å²) in [5.74, 6) is 2.06. The summed E-state index contributed by atoms with van der Waals surface area (Å²) in [7, 11) is 3.26. The smallest absolute Gasteiger partial charge is 0.125 e. The Bertz CT molecular complexity index is 832. The second-order valence-corrected chi connectivity index (χ2v) is 7.54. The molecule has 0 fully saturated rings. The van der Waals surface area contributed by atoms with E-state index >= 15 is 0 Å². The van der Waals surface area contributed by atoms with Crippen molar-refractivity contribution in [2.24, 2.45) is 0 Å². The molecule has 0 aromatic heterocycles. The lowest BCUT2D eigenvalue weighted by Gasteiger charge is -2.34. The molecule has 0 aliphatic carbocycles. The molecule has 5 heteroatoms. The molecule has 0 saturated heterocycles. The van der Waals surface area contributed by atoms with Crippen LogP contribution in [-0.2, 0) is 13.1 Å². The van der Waals surface area contributed by atoms with Gasteiger partial charge in [0.05, 0.1) is 20.3 Å². The molecule has 0 radical (unpaired) electrons. The lowest BCUT2D eigenvalue weighted by Crippen LogP contribution is -2.34. The molecular weight excluding hydrogens is 342 g/mol. The van der Waals surface area contributed by atoms with Crippen molar-refractivity contribution in [3.63, 3.8) is 0 Å². The molecule has 0 spiro atoms. The highest BCUT2D eigenvalue weighted by atomic mass is 16.5. The number of β-amino-alcohol motifs (C(OH)–C–C–N with tert-alkyl or cyclic N) is 1. The molecule has 0 unspecified atom stereocenters. The predicted octanol–water partition coefficient (Wildman–Crippen LogP) is 3.89. The number of aryl methyl sites for hydroxylation is 1. The summed E-state index contributed by atoms with van der Waals surface area (Å²) in [5.41, 5.74) is 4.95. The summed E-state index contributed by atoms with van der Waals surface area (Å²) in [6.07, 6.45) is -0.638. The Balaban J connectivity index is 1.93. The van der Waals surface area contributed by atoms with E-state index in [1.165, 1.54) is 0 Å². The SMILES string of the molecule is COc1ccc(OC)c2c1CN(Cc1cc(C(C)C)c(O)cc1C)C[C@H]2O. The van der Waals surface area contributed by atoms with Crippen LogP contribution >= 0.6 is 0 Å². The van der Waals surface area contributed by atoms with Crippen molar-refractivity contribution in [3.8, 4) is 17.2 Å². The Kier molecular flexibility index (Phi) is 5.63. The Labute approximate surface area is 161 Å². The van der Waals surface area contributed by atoms with E-state index in [9.17, 15) is 10.2 Å². The van der Waals surface area contributed by atoms with Crippen LogP contribution in [0.4, 0.5) is 0 Å². The van der Waals surface area contributed by atoms with Gasteiger partial charge >= 0.3 is 0 Å². The van der Waals surface area contributed by atoms with Gasteiger partial charge in [0, 0.05) is 30.8 Å². The molecule has 27 heavy (non-hydrogen) atoms. The van der Waals surface area contributed by atoms with Crippen LogP contribution in [0.2, 0.25) is 0 Å². The van der Waals surface area contributed by atoms with Crippen molar-refractivity contribution in [1.29, 1.82) is 0 Å². The number of aromatic hydroxyl groups is 1. The number of nitrogens with zero attached hydrogens (tertiary/aromatic N) is 1. The van der Waals surface area contributed by atoms with Gasteiger partial charge in [-0.1, -0.05) is 19.9 Å². The van der Waals surface area contributed by atoms with Gasteiger partial charge in [-0.3, -0.25) is 4.90 Å². The van der Waals surface area contributed by atoms with E-state index in [1.807, 2.05) is 25.1 Å². The summed E-state index contributed by atoms with van der Waals surface area (Å²) in [5, 5.41) is 21.0. The zero-order valence-electron chi connectivity index (χ0n) is 16.7. The molecule has 2 aromatic rings. The number of phenols is 1. The maximum Gasteiger partial charge on any atom is 0.125 e. The van der Waals surface area contributed by atoms with Gasteiger partial charge in [0.25, 0.3) is 0 Å². The van der Waals surface area contributed by atoms with E-state index in [4.69, 9.17) is 9.47 Å². The van der Waals surface area contributed by atoms with E-state index in [1.54, 1.807) is 14.2 Å². The van der Waals surface area contributed by atoms with Crippen LogP contribution in [0.3, 0.4) is 0 Å². The van der Waals surface area contributed by atoms with Gasteiger partial charge in [-0.25, -0.2) is 0 Å². The van der Waals surface area contributed by atoms with Crippen LogP contribution in [0, 0.1) is 6.92 Å². The summed E-state index contributed by atoms with van der Waals surface area (Å²) >= 11 is 0. The molecule has 1 aliphatic heterocycles. The van der Waals surface area contributed by atoms with Gasteiger partial charge in [-0.15, -0.1) is 0 Å². The fourth-order valence-corrected chi connectivity index (χ4v) is 3.90. The van der Waals surface area contributed by atoms with Crippen molar-refractivity contribution in [1.82, 2.24) is 4.90 Å². The normalized spacial score (nSPS) is 17.1. The second-order valence-electron chi connectivity index (χ2n) is 7.54. The first-order valence-corrected chi connectivity index (χ1v) is 9.32. The van der Waals surface area contributed by atoms with Crippen LogP contribution in [-0.4, -0.2) is 35.9 Å². The Hall–Kier alpha value is -2.24. The maximum atomic E-state index is 10.8. The number of phenolic OH excluding ortho intramolecular Hbond substituents is 1. The highest BCUT2D eigenvalue weighted by Gasteiger charge is 2.30. The lowest BCUT2D eigenvalue weighted by molar-refractivity contribution is 0.0842. The highest BCUT2D eigenvalue weighted by Crippen LogP contribution is 2.40. The largest absolute Gasteiger partial charge is 0.508 e. The van der Waals surface area contributed by atoms with Gasteiger partial charge < -0.3 is 19.7 Å². The maximum absolute atomic E-state index is 10.8. The van der Waals surface area contributed by atoms with Crippen molar-refractivity contribution in [3.05, 3.63) is 52.1 Å². The standard InChI is InChI=1S/C22H29NO4/c1-13(2)16-9-15(14(3)8-18(16)24)10-23-11-17-20(26-4)6-7-21(27-5)22(17)19(25)12-23/h6-9,13,19,24-25H,10-12H2,1-5H3/t19-/m1/s1. The van der Waals surface area contributed by atoms with Gasteiger partial charge in [0.2, 0.25) is 0 Å². The molecule has 1 atom stereocenters. The van der Waals surface area contributed by atoms with Crippen LogP contribution in [0.15, 0.2) is 24.3 Å². The predicted molar refractivity (Wildman–Crippen MR) is 106 cm³/mol. The third kappa shape index (κ3) is 3.75. The highest BCUT2D eigenvalue weighted by molar-refractivity contribution is 5.51. The Morgan fingerprint density at radius 1 is 1.15 bits per heavy atom. The Morgan fingerprint density at radius 3 is 2.44 bits per heavy atom. The molecule has 3 rings (SSSR count). The molecule has 0 bridgehead atoms. The first kappa shape index (κ1) is 19.5. The number of aliphatic hydroxyl groups excluding tert-OH is 1. The third-order valence-electron chi connectivity index (χ3n) is 5.36. The second kappa shape index (κ2) is 7.79. The number of hydrogen-bond acceptors (Lipinski definition) is 5. The average Bonchev–Trinajstić information content (AvgIpc) is 2.62. The number of hydrogen-bond donors (Lipinski definition) is 2. The summed E-state index contributed by atoms with van der Waals surface area (Å²) in [6.45, 7) is 8.05. The number of fused-ring (bicyclic) bond motifs is 1. The summed E-state index contributed by atoms with van der Waals surface area (Å²) < 4.78 is 11.0. The van der Waals surface area contributed by atoms with Crippen molar-refractivity contribution >= 4 is 0 Å². The number of ether oxygens (including phenoxy) is 2. The minimum Gasteiger partial charge on any atom is -0.508 e. The van der Waals surface area contributed by atoms with Crippen LogP contribution < -0.4 is 9.47 Å². The lowest BCUT2D eigenvalue weighted by atomic mass is 9.93. The number of benzene rings is 2. The van der Waals surface area contributed by atoms with Gasteiger partial charge in [0.15, 0.2) is 0 Å². The Morgan fingerprint density at radius 2 is 1.81 bits per heavy atom. The van der Waals surface area contributed by atoms with E-state index < -0.39 is 6.10 Å². The average molecular weight is 371 g/mol. The quantitative estimate of drug-likeness (QED) is 0.835. The number of aliphatic hydroxyl groups is 1. The van der Waals surface area contributed by atoms with E-state index in [0.717, 1.165) is 33.6 Å². The monoisotopic (exact) mass is 371 g/mol. The molecule has 2 aromatic carbocycles. The van der Waals surface area contributed by atoms with E-state index in [2.05, 4.69) is 24.8 Å². The first-order valence-electron chi connectivity index (χ1n) is 9.32. The molecule has 1 aliphatic rings. The third-order valence-corrected chi connectivity index (χ3v) is 5.36. The van der Waals surface area contributed by atoms with Crippen LogP contribution in [0.5, 0.6) is 17.2 Å². The fourth-order valence-electron chi connectivity index (χ4n) is 3.90. The van der Waals surface area contributed by atoms with Crippen molar-refractivity contribution in [2.45, 2.75) is 45.9 Å². The topological polar surface area (TPSA) is 62.2 Å². The molecule has 0 amide bonds. The number of rotatable bonds is 5. The van der Waals surface area contributed by atoms with Crippen LogP contribution in [0.25, 0.3) is 0 Å². The van der Waals surface area contributed by atoms with E-state index in [-0.39, 0.29) is 5.92 Å². The fraction of sp³-hybridized carbons (Fsp3) is 0.455. The minimum absolute atomic E-state index is 0.251. The zero-order valence-corrected chi connectivity index (χ0v) is 16.7. The number of methoxy groups -OCH3 is 2. The minimum atomic E-state index is -0.638. The molecule has 1 heterocycles. The van der Waals surface area contributed by atoms with E-state index in [0.29, 0.717) is 31.1 Å². The summed E-state index contributed by atoms with van der Waals surface area (Å²) in [6, 6.07) is 7.65. The van der Waals surface area contributed by atoms with Gasteiger partial charge in [-0.2, -0.15) is 0 Å². The zero-order chi connectivity index (χ0) is 19.7. The molecule has 146 valence electrons. The molecule has 2 N–H and O–H groups in total. The molecule has 5 nitrogen and oxygen atoms in total. The van der Waals surface area contributed by atoms with Crippen LogP contribution in [0.1, 0.15) is 53.7 Å². The molecule has 0 saturated carbocycles. The summed E-state index contributed by atoms with van der Waals surface area (Å²) in [4.78, 5) is 2.21. The first-order chi connectivity index (χ1) is 12.8. The van der Waals surface area contributed by atoms with Gasteiger partial charge in [0.1, 0.15) is 17.2 Å². The van der Waals surface area contributed by atoms with Crippen molar-refractivity contribution < 1.29 is 19.7 Å². The molecular formula is C22H29NO4. The van der Waals surface area contributed by atoms with Gasteiger partial charge in [-0.05, 0) is 47.7 Å². The van der Waals surface area contributed by atoms with Crippen molar-refractivity contribution in [2.75, 3.05) is 20.8 Å².